The third kappa shape index (κ3) is 2.14. The van der Waals surface area contributed by atoms with Crippen molar-refractivity contribution < 1.29 is 5.11 Å². The molecule has 1 fully saturated rings. The molecule has 1 aromatic carbocycles. The van der Waals surface area contributed by atoms with Crippen molar-refractivity contribution in [3.05, 3.63) is 35.9 Å². The summed E-state index contributed by atoms with van der Waals surface area (Å²) in [5, 5.41) is 13.1. The lowest BCUT2D eigenvalue weighted by Crippen LogP contribution is -2.23. The molecule has 0 spiro atoms. The summed E-state index contributed by atoms with van der Waals surface area (Å²) < 4.78 is 0. The zero-order valence-electron chi connectivity index (χ0n) is 8.53. The van der Waals surface area contributed by atoms with Crippen LogP contribution in [0.4, 0.5) is 0 Å². The van der Waals surface area contributed by atoms with Crippen LogP contribution in [-0.2, 0) is 0 Å². The summed E-state index contributed by atoms with van der Waals surface area (Å²) in [6.07, 6.45) is 2.74. The molecule has 2 nitrogen and oxygen atoms in total. The van der Waals surface area contributed by atoms with Crippen molar-refractivity contribution in [3.8, 4) is 0 Å². The van der Waals surface area contributed by atoms with Gasteiger partial charge in [0.05, 0.1) is 5.60 Å². The maximum absolute atomic E-state index is 9.85. The van der Waals surface area contributed by atoms with E-state index in [-0.39, 0.29) is 11.6 Å². The molecule has 0 saturated heterocycles. The van der Waals surface area contributed by atoms with E-state index >= 15 is 0 Å². The minimum Gasteiger partial charge on any atom is -0.390 e. The van der Waals surface area contributed by atoms with E-state index in [2.05, 4.69) is 17.4 Å². The molecule has 1 unspecified atom stereocenters. The minimum atomic E-state index is -0.385. The molecular formula is C12H17NO. The van der Waals surface area contributed by atoms with E-state index in [1.54, 1.807) is 0 Å². The van der Waals surface area contributed by atoms with Gasteiger partial charge < -0.3 is 10.4 Å². The summed E-state index contributed by atoms with van der Waals surface area (Å²) in [7, 11) is 1.95. The second kappa shape index (κ2) is 3.71. The summed E-state index contributed by atoms with van der Waals surface area (Å²) in [5.74, 6) is 0. The number of aliphatic hydroxyl groups is 1. The van der Waals surface area contributed by atoms with Gasteiger partial charge >= 0.3 is 0 Å². The van der Waals surface area contributed by atoms with Crippen LogP contribution in [0.3, 0.4) is 0 Å². The average molecular weight is 191 g/mol. The van der Waals surface area contributed by atoms with Gasteiger partial charge in [0.1, 0.15) is 0 Å². The molecule has 2 heteroatoms. The summed E-state index contributed by atoms with van der Waals surface area (Å²) in [5.41, 5.74) is 0.874. The lowest BCUT2D eigenvalue weighted by molar-refractivity contribution is 0.126. The lowest BCUT2D eigenvalue weighted by Gasteiger charge is -2.19. The van der Waals surface area contributed by atoms with Gasteiger partial charge in [0.25, 0.3) is 0 Å². The number of nitrogens with one attached hydrogen (secondary N) is 1. The van der Waals surface area contributed by atoms with Crippen LogP contribution in [0.5, 0.6) is 0 Å². The Bertz CT molecular complexity index is 292. The maximum Gasteiger partial charge on any atom is 0.0668 e. The predicted molar refractivity (Wildman–Crippen MR) is 57.0 cm³/mol. The fourth-order valence-corrected chi connectivity index (χ4v) is 1.80. The Morgan fingerprint density at radius 1 is 1.36 bits per heavy atom. The van der Waals surface area contributed by atoms with Gasteiger partial charge in [-0.15, -0.1) is 0 Å². The van der Waals surface area contributed by atoms with Crippen LogP contribution in [0.15, 0.2) is 30.3 Å². The SMILES string of the molecule is CNC(CC1(O)CC1)c1ccccc1. The Hall–Kier alpha value is -0.860. The van der Waals surface area contributed by atoms with Crippen molar-refractivity contribution in [1.82, 2.24) is 5.32 Å². The zero-order chi connectivity index (χ0) is 10.0. The van der Waals surface area contributed by atoms with Crippen LogP contribution >= 0.6 is 0 Å². The van der Waals surface area contributed by atoms with Gasteiger partial charge in [-0.25, -0.2) is 0 Å². The molecule has 1 atom stereocenters. The van der Waals surface area contributed by atoms with E-state index in [9.17, 15) is 5.11 Å². The van der Waals surface area contributed by atoms with Gasteiger partial charge in [-0.05, 0) is 31.9 Å². The quantitative estimate of drug-likeness (QED) is 0.761. The number of hydrogen-bond acceptors (Lipinski definition) is 2. The van der Waals surface area contributed by atoms with Gasteiger partial charge in [0, 0.05) is 6.04 Å². The first-order valence-corrected chi connectivity index (χ1v) is 5.18. The first kappa shape index (κ1) is 9.69. The fraction of sp³-hybridized carbons (Fsp3) is 0.500. The van der Waals surface area contributed by atoms with Crippen LogP contribution in [-0.4, -0.2) is 17.8 Å². The molecule has 2 rings (SSSR count). The molecule has 2 N–H and O–H groups in total. The fourth-order valence-electron chi connectivity index (χ4n) is 1.80. The Kier molecular flexibility index (Phi) is 2.57. The van der Waals surface area contributed by atoms with E-state index < -0.39 is 0 Å². The number of rotatable bonds is 4. The van der Waals surface area contributed by atoms with Crippen molar-refractivity contribution >= 4 is 0 Å². The second-order valence-electron chi connectivity index (χ2n) is 4.18. The molecule has 76 valence electrons. The highest BCUT2D eigenvalue weighted by atomic mass is 16.3. The van der Waals surface area contributed by atoms with E-state index in [4.69, 9.17) is 0 Å². The van der Waals surface area contributed by atoms with E-state index in [1.807, 2.05) is 25.2 Å². The minimum absolute atomic E-state index is 0.281. The van der Waals surface area contributed by atoms with Gasteiger partial charge in [0.15, 0.2) is 0 Å². The van der Waals surface area contributed by atoms with Crippen LogP contribution in [0.1, 0.15) is 30.9 Å². The standard InChI is InChI=1S/C12H17NO/c1-13-11(9-12(14)7-8-12)10-5-3-2-4-6-10/h2-6,11,13-14H,7-9H2,1H3. The first-order chi connectivity index (χ1) is 6.73. The predicted octanol–water partition coefficient (Wildman–Crippen LogP) is 1.86. The average Bonchev–Trinajstić information content (AvgIpc) is 2.95. The molecule has 1 aliphatic rings. The largest absolute Gasteiger partial charge is 0.390 e. The summed E-state index contributed by atoms with van der Waals surface area (Å²) >= 11 is 0. The van der Waals surface area contributed by atoms with Gasteiger partial charge in [-0.2, -0.15) is 0 Å². The van der Waals surface area contributed by atoms with Crippen molar-refractivity contribution in [2.45, 2.75) is 30.9 Å². The molecule has 1 saturated carbocycles. The number of benzene rings is 1. The van der Waals surface area contributed by atoms with Gasteiger partial charge in [-0.1, -0.05) is 30.3 Å². The van der Waals surface area contributed by atoms with Crippen molar-refractivity contribution in [1.29, 1.82) is 0 Å². The van der Waals surface area contributed by atoms with E-state index in [0.717, 1.165) is 19.3 Å². The molecule has 0 amide bonds. The normalized spacial score (nSPS) is 20.4. The van der Waals surface area contributed by atoms with Crippen molar-refractivity contribution in [3.63, 3.8) is 0 Å². The zero-order valence-corrected chi connectivity index (χ0v) is 8.53. The molecule has 0 heterocycles. The maximum atomic E-state index is 9.85. The third-order valence-corrected chi connectivity index (χ3v) is 2.96. The third-order valence-electron chi connectivity index (χ3n) is 2.96. The molecule has 1 aromatic rings. The van der Waals surface area contributed by atoms with E-state index in [1.165, 1.54) is 5.56 Å². The molecule has 0 aliphatic heterocycles. The Morgan fingerprint density at radius 2 is 2.00 bits per heavy atom. The summed E-state index contributed by atoms with van der Waals surface area (Å²) in [6, 6.07) is 10.6. The molecule has 0 radical (unpaired) electrons. The van der Waals surface area contributed by atoms with Crippen LogP contribution < -0.4 is 5.32 Å². The monoisotopic (exact) mass is 191 g/mol. The topological polar surface area (TPSA) is 32.3 Å². The molecule has 0 aromatic heterocycles. The van der Waals surface area contributed by atoms with Crippen LogP contribution in [0.2, 0.25) is 0 Å². The van der Waals surface area contributed by atoms with Gasteiger partial charge in [0.2, 0.25) is 0 Å². The Morgan fingerprint density at radius 3 is 2.50 bits per heavy atom. The lowest BCUT2D eigenvalue weighted by atomic mass is 10.00. The highest BCUT2D eigenvalue weighted by Crippen LogP contribution is 2.42. The second-order valence-corrected chi connectivity index (χ2v) is 4.18. The van der Waals surface area contributed by atoms with Crippen LogP contribution in [0.25, 0.3) is 0 Å². The smallest absolute Gasteiger partial charge is 0.0668 e. The van der Waals surface area contributed by atoms with E-state index in [0.29, 0.717) is 0 Å². The molecule has 0 bridgehead atoms. The van der Waals surface area contributed by atoms with Crippen molar-refractivity contribution in [2.75, 3.05) is 7.05 Å². The van der Waals surface area contributed by atoms with Crippen LogP contribution in [0, 0.1) is 0 Å². The molecular weight excluding hydrogens is 174 g/mol. The summed E-state index contributed by atoms with van der Waals surface area (Å²) in [4.78, 5) is 0. The summed E-state index contributed by atoms with van der Waals surface area (Å²) in [6.45, 7) is 0. The first-order valence-electron chi connectivity index (χ1n) is 5.18. The van der Waals surface area contributed by atoms with Gasteiger partial charge in [-0.3, -0.25) is 0 Å². The Labute approximate surface area is 85.0 Å². The van der Waals surface area contributed by atoms with Crippen molar-refractivity contribution in [2.24, 2.45) is 0 Å². The Balaban J connectivity index is 2.06. The highest BCUT2D eigenvalue weighted by molar-refractivity contribution is 5.20. The highest BCUT2D eigenvalue weighted by Gasteiger charge is 2.41. The molecule has 1 aliphatic carbocycles. The molecule has 14 heavy (non-hydrogen) atoms. The number of hydrogen-bond donors (Lipinski definition) is 2.